The first kappa shape index (κ1) is 11.9. The van der Waals surface area contributed by atoms with Gasteiger partial charge in [-0.3, -0.25) is 0 Å². The molecule has 0 aromatic heterocycles. The zero-order valence-electron chi connectivity index (χ0n) is 9.92. The Morgan fingerprint density at radius 3 is 2.76 bits per heavy atom. The van der Waals surface area contributed by atoms with Gasteiger partial charge in [0, 0.05) is 25.2 Å². The average Bonchev–Trinajstić information content (AvgIpc) is 2.86. The lowest BCUT2D eigenvalue weighted by molar-refractivity contribution is 0.197. The Balaban J connectivity index is 1.80. The maximum atomic E-state index is 12.5. The summed E-state index contributed by atoms with van der Waals surface area (Å²) < 4.78 is 31.9. The van der Waals surface area contributed by atoms with Gasteiger partial charge in [-0.15, -0.1) is 0 Å². The van der Waals surface area contributed by atoms with Crippen LogP contribution in [-0.2, 0) is 14.8 Å². The number of hydrogen-bond acceptors (Lipinski definition) is 4. The highest BCUT2D eigenvalue weighted by Crippen LogP contribution is 2.38. The maximum Gasteiger partial charge on any atom is 0.219 e. The molecule has 1 aliphatic carbocycles. The fourth-order valence-corrected chi connectivity index (χ4v) is 5.54. The predicted molar refractivity (Wildman–Crippen MR) is 64.0 cm³/mol. The van der Waals surface area contributed by atoms with Gasteiger partial charge in [0.2, 0.25) is 10.0 Å². The fourth-order valence-electron chi connectivity index (χ4n) is 3.49. The molecule has 4 unspecified atom stereocenters. The molecule has 0 aromatic carbocycles. The molecule has 2 heterocycles. The van der Waals surface area contributed by atoms with Crippen molar-refractivity contribution in [3.63, 3.8) is 0 Å². The van der Waals surface area contributed by atoms with Crippen molar-refractivity contribution < 1.29 is 13.2 Å². The van der Waals surface area contributed by atoms with Crippen molar-refractivity contribution in [3.8, 4) is 0 Å². The van der Waals surface area contributed by atoms with Gasteiger partial charge in [0.05, 0.1) is 6.61 Å². The zero-order valence-corrected chi connectivity index (χ0v) is 10.7. The minimum atomic E-state index is -3.16. The lowest BCUT2D eigenvalue weighted by atomic mass is 9.87. The summed E-state index contributed by atoms with van der Waals surface area (Å²) in [6.07, 6.45) is 3.44. The minimum Gasteiger partial charge on any atom is -0.380 e. The van der Waals surface area contributed by atoms with E-state index in [-0.39, 0.29) is 17.3 Å². The van der Waals surface area contributed by atoms with Crippen LogP contribution in [0.2, 0.25) is 0 Å². The van der Waals surface area contributed by atoms with Crippen molar-refractivity contribution in [2.75, 3.05) is 19.8 Å². The van der Waals surface area contributed by atoms with Gasteiger partial charge < -0.3 is 10.5 Å². The first-order chi connectivity index (χ1) is 8.07. The number of ether oxygens (including phenoxy) is 1. The van der Waals surface area contributed by atoms with E-state index >= 15 is 0 Å². The molecule has 17 heavy (non-hydrogen) atoms. The van der Waals surface area contributed by atoms with E-state index in [9.17, 15) is 8.42 Å². The third kappa shape index (κ3) is 2.01. The van der Waals surface area contributed by atoms with Gasteiger partial charge in [-0.2, -0.15) is 4.31 Å². The number of rotatable bonds is 2. The van der Waals surface area contributed by atoms with E-state index in [4.69, 9.17) is 10.5 Å². The van der Waals surface area contributed by atoms with Gasteiger partial charge >= 0.3 is 0 Å². The summed E-state index contributed by atoms with van der Waals surface area (Å²) in [7, 11) is -3.16. The Hall–Kier alpha value is -0.170. The summed E-state index contributed by atoms with van der Waals surface area (Å²) in [4.78, 5) is 0. The number of nitrogens with zero attached hydrogens (tertiary/aromatic N) is 1. The van der Waals surface area contributed by atoms with E-state index in [1.54, 1.807) is 4.31 Å². The van der Waals surface area contributed by atoms with Gasteiger partial charge in [0.25, 0.3) is 0 Å². The Morgan fingerprint density at radius 1 is 1.24 bits per heavy atom. The van der Waals surface area contributed by atoms with E-state index in [0.717, 1.165) is 19.3 Å². The lowest BCUT2D eigenvalue weighted by Crippen LogP contribution is -2.43. The Kier molecular flexibility index (Phi) is 2.93. The van der Waals surface area contributed by atoms with Crippen LogP contribution in [0, 0.1) is 5.92 Å². The van der Waals surface area contributed by atoms with Gasteiger partial charge in [0.15, 0.2) is 0 Å². The smallest absolute Gasteiger partial charge is 0.219 e. The molecule has 2 N–H and O–H groups in total. The highest BCUT2D eigenvalue weighted by atomic mass is 32.2. The molecule has 4 atom stereocenters. The molecule has 0 amide bonds. The summed E-state index contributed by atoms with van der Waals surface area (Å²) in [6, 6.07) is 0.327. The lowest BCUT2D eigenvalue weighted by Gasteiger charge is -2.28. The van der Waals surface area contributed by atoms with Crippen LogP contribution in [0.1, 0.15) is 25.7 Å². The van der Waals surface area contributed by atoms with Gasteiger partial charge in [0.1, 0.15) is 5.25 Å². The second kappa shape index (κ2) is 4.19. The summed E-state index contributed by atoms with van der Waals surface area (Å²) in [6.45, 7) is 1.62. The molecule has 98 valence electrons. The number of hydrogen-bond donors (Lipinski definition) is 1. The third-order valence-corrected chi connectivity index (χ3v) is 6.61. The molecule has 3 rings (SSSR count). The fraction of sp³-hybridized carbons (Fsp3) is 1.00. The van der Waals surface area contributed by atoms with Crippen LogP contribution in [-0.4, -0.2) is 49.8 Å². The van der Waals surface area contributed by atoms with E-state index in [2.05, 4.69) is 0 Å². The van der Waals surface area contributed by atoms with Crippen LogP contribution in [0.3, 0.4) is 0 Å². The summed E-state index contributed by atoms with van der Waals surface area (Å²) >= 11 is 0. The number of nitrogens with two attached hydrogens (primary N) is 1. The third-order valence-electron chi connectivity index (χ3n) is 4.30. The Bertz CT molecular complexity index is 392. The predicted octanol–water partition coefficient (Wildman–Crippen LogP) is -0.0833. The quantitative estimate of drug-likeness (QED) is 0.753. The standard InChI is InChI=1S/C11H20N2O3S/c12-9-3-8-4-10(5-9)13(6-8)17(14,15)11-1-2-16-7-11/h8-11H,1-7,12H2. The summed E-state index contributed by atoms with van der Waals surface area (Å²) in [5, 5.41) is -0.321. The van der Waals surface area contributed by atoms with Gasteiger partial charge in [-0.05, 0) is 31.6 Å². The average molecular weight is 260 g/mol. The topological polar surface area (TPSA) is 72.6 Å². The van der Waals surface area contributed by atoms with Crippen LogP contribution in [0.25, 0.3) is 0 Å². The molecule has 2 bridgehead atoms. The van der Waals surface area contributed by atoms with Gasteiger partial charge in [-0.25, -0.2) is 8.42 Å². The van der Waals surface area contributed by atoms with Crippen molar-refractivity contribution in [1.29, 1.82) is 0 Å². The second-order valence-corrected chi connectivity index (χ2v) is 7.75. The van der Waals surface area contributed by atoms with Crippen LogP contribution in [0.4, 0.5) is 0 Å². The van der Waals surface area contributed by atoms with Crippen LogP contribution >= 0.6 is 0 Å². The number of sulfonamides is 1. The summed E-state index contributed by atoms with van der Waals surface area (Å²) in [5.74, 6) is 0.473. The molecule has 2 aliphatic heterocycles. The number of fused-ring (bicyclic) bond motifs is 2. The van der Waals surface area contributed by atoms with E-state index in [1.165, 1.54) is 0 Å². The molecule has 5 nitrogen and oxygen atoms in total. The van der Waals surface area contributed by atoms with Crippen LogP contribution < -0.4 is 5.73 Å². The normalized spacial score (nSPS) is 43.1. The zero-order chi connectivity index (χ0) is 12.0. The molecular formula is C11H20N2O3S. The van der Waals surface area contributed by atoms with E-state index < -0.39 is 10.0 Å². The monoisotopic (exact) mass is 260 g/mol. The van der Waals surface area contributed by atoms with Crippen LogP contribution in [0.5, 0.6) is 0 Å². The highest BCUT2D eigenvalue weighted by molar-refractivity contribution is 7.89. The van der Waals surface area contributed by atoms with Crippen molar-refractivity contribution >= 4 is 10.0 Å². The summed E-state index contributed by atoms with van der Waals surface area (Å²) in [5.41, 5.74) is 5.97. The molecule has 0 aromatic rings. The molecule has 3 fully saturated rings. The highest BCUT2D eigenvalue weighted by Gasteiger charge is 2.46. The molecule has 0 radical (unpaired) electrons. The second-order valence-electron chi connectivity index (χ2n) is 5.59. The maximum absolute atomic E-state index is 12.5. The van der Waals surface area contributed by atoms with Crippen molar-refractivity contribution in [1.82, 2.24) is 4.31 Å². The van der Waals surface area contributed by atoms with Crippen molar-refractivity contribution in [2.45, 2.75) is 43.0 Å². The largest absolute Gasteiger partial charge is 0.380 e. The SMILES string of the molecule is NC1CC2CC(C1)N(S(=O)(=O)C1CCOC1)C2. The molecule has 6 heteroatoms. The minimum absolute atomic E-state index is 0.148. The Morgan fingerprint density at radius 2 is 2.06 bits per heavy atom. The molecule has 1 saturated carbocycles. The Labute approximate surface area is 102 Å². The first-order valence-electron chi connectivity index (χ1n) is 6.41. The van der Waals surface area contributed by atoms with Gasteiger partial charge in [-0.1, -0.05) is 0 Å². The molecule has 3 aliphatic rings. The van der Waals surface area contributed by atoms with Crippen molar-refractivity contribution in [3.05, 3.63) is 0 Å². The van der Waals surface area contributed by atoms with E-state index in [0.29, 0.717) is 32.1 Å². The van der Waals surface area contributed by atoms with Crippen LogP contribution in [0.15, 0.2) is 0 Å². The van der Waals surface area contributed by atoms with E-state index in [1.807, 2.05) is 0 Å². The first-order valence-corrected chi connectivity index (χ1v) is 7.91. The van der Waals surface area contributed by atoms with Crippen molar-refractivity contribution in [2.24, 2.45) is 11.7 Å². The molecular weight excluding hydrogens is 240 g/mol. The molecule has 0 spiro atoms. The molecule has 2 saturated heterocycles.